The quantitative estimate of drug-likeness (QED) is 0.432. The first-order valence-corrected chi connectivity index (χ1v) is 11.4. The predicted octanol–water partition coefficient (Wildman–Crippen LogP) is 3.86. The van der Waals surface area contributed by atoms with Gasteiger partial charge in [0.1, 0.15) is 22.8 Å². The Bertz CT molecular complexity index is 1470. The second kappa shape index (κ2) is 8.65. The number of aromatic nitrogens is 3. The van der Waals surface area contributed by atoms with Crippen LogP contribution in [0.1, 0.15) is 35.2 Å². The lowest BCUT2D eigenvalue weighted by Crippen LogP contribution is -2.36. The molecule has 8 nitrogen and oxygen atoms in total. The summed E-state index contributed by atoms with van der Waals surface area (Å²) < 4.78 is 21.3. The Morgan fingerprint density at radius 3 is 2.62 bits per heavy atom. The van der Waals surface area contributed by atoms with Crippen molar-refractivity contribution < 1.29 is 13.6 Å². The maximum absolute atomic E-state index is 15.3. The molecule has 0 atom stereocenters. The van der Waals surface area contributed by atoms with E-state index in [1.54, 1.807) is 24.3 Å². The van der Waals surface area contributed by atoms with Gasteiger partial charge in [-0.15, -0.1) is 21.5 Å². The molecule has 1 amide bonds. The van der Waals surface area contributed by atoms with Gasteiger partial charge >= 0.3 is 0 Å². The van der Waals surface area contributed by atoms with E-state index in [9.17, 15) is 4.79 Å². The summed E-state index contributed by atoms with van der Waals surface area (Å²) in [7, 11) is 0. The summed E-state index contributed by atoms with van der Waals surface area (Å²) in [4.78, 5) is 16.6. The molecule has 2 heterocycles. The van der Waals surface area contributed by atoms with Crippen LogP contribution in [-0.4, -0.2) is 26.6 Å². The Kier molecular flexibility index (Phi) is 5.52. The molecule has 2 aromatic carbocycles. The number of carbonyl (C=O) groups excluding carboxylic acids is 1. The number of nitriles is 2. The fourth-order valence-electron chi connectivity index (χ4n) is 3.60. The monoisotopic (exact) mass is 472 g/mol. The second-order valence-corrected chi connectivity index (χ2v) is 9.18. The van der Waals surface area contributed by atoms with Crippen molar-refractivity contribution >= 4 is 27.5 Å². The molecule has 4 aromatic rings. The lowest BCUT2D eigenvalue weighted by molar-refractivity contribution is -0.121. The lowest BCUT2D eigenvalue weighted by Gasteiger charge is -2.06. The SMILES string of the molecule is N#CCc1ccc(-c2ccc3nc(Cc4nnc(CC(=O)NC5(C#N)CC5)o4)sc3c2F)cc1. The molecule has 0 radical (unpaired) electrons. The van der Waals surface area contributed by atoms with E-state index in [4.69, 9.17) is 14.9 Å². The Morgan fingerprint density at radius 2 is 1.91 bits per heavy atom. The van der Waals surface area contributed by atoms with Crippen molar-refractivity contribution in [3.63, 3.8) is 0 Å². The lowest BCUT2D eigenvalue weighted by atomic mass is 10.0. The van der Waals surface area contributed by atoms with Gasteiger partial charge in [-0.3, -0.25) is 4.79 Å². The first-order chi connectivity index (χ1) is 16.5. The van der Waals surface area contributed by atoms with E-state index >= 15 is 4.39 Å². The standard InChI is InChI=1S/C24H17FN6O2S/c25-22-16(15-3-1-14(2-4-15)7-10-26)5-6-17-23(22)34-21(28-17)12-20-31-30-19(33-20)11-18(32)29-24(13-27)8-9-24/h1-6H,7-9,11-12H2,(H,29,32). The molecule has 0 aliphatic heterocycles. The number of fused-ring (bicyclic) bond motifs is 1. The zero-order chi connectivity index (χ0) is 23.7. The van der Waals surface area contributed by atoms with Crippen molar-refractivity contribution in [3.05, 3.63) is 64.6 Å². The van der Waals surface area contributed by atoms with E-state index in [0.717, 1.165) is 11.1 Å². The van der Waals surface area contributed by atoms with E-state index < -0.39 is 5.54 Å². The van der Waals surface area contributed by atoms with Gasteiger partial charge in [0, 0.05) is 5.56 Å². The molecule has 1 aliphatic rings. The highest BCUT2D eigenvalue weighted by molar-refractivity contribution is 7.18. The maximum atomic E-state index is 15.3. The molecule has 0 bridgehead atoms. The highest BCUT2D eigenvalue weighted by Crippen LogP contribution is 2.35. The minimum Gasteiger partial charge on any atom is -0.424 e. The molecule has 1 fully saturated rings. The average molecular weight is 473 g/mol. The molecule has 1 saturated carbocycles. The maximum Gasteiger partial charge on any atom is 0.230 e. The van der Waals surface area contributed by atoms with Crippen molar-refractivity contribution in [2.24, 2.45) is 0 Å². The number of hydrogen-bond donors (Lipinski definition) is 1. The highest BCUT2D eigenvalue weighted by atomic mass is 32.1. The fraction of sp³-hybridized carbons (Fsp3) is 0.250. The number of rotatable bonds is 7. The molecule has 1 aliphatic carbocycles. The van der Waals surface area contributed by atoms with Crippen LogP contribution in [0.5, 0.6) is 0 Å². The van der Waals surface area contributed by atoms with E-state index in [1.165, 1.54) is 11.3 Å². The molecule has 168 valence electrons. The van der Waals surface area contributed by atoms with Crippen molar-refractivity contribution in [1.29, 1.82) is 10.5 Å². The van der Waals surface area contributed by atoms with Crippen LogP contribution in [0.15, 0.2) is 40.8 Å². The van der Waals surface area contributed by atoms with Crippen LogP contribution in [0, 0.1) is 28.5 Å². The molecule has 0 unspecified atom stereocenters. The number of benzene rings is 2. The minimum atomic E-state index is -0.747. The van der Waals surface area contributed by atoms with Crippen molar-refractivity contribution in [2.75, 3.05) is 0 Å². The van der Waals surface area contributed by atoms with Crippen molar-refractivity contribution in [3.8, 4) is 23.3 Å². The van der Waals surface area contributed by atoms with E-state index in [-0.39, 0.29) is 36.3 Å². The van der Waals surface area contributed by atoms with E-state index in [1.807, 2.05) is 12.1 Å². The van der Waals surface area contributed by atoms with Crippen molar-refractivity contribution in [1.82, 2.24) is 20.5 Å². The third-order valence-corrected chi connectivity index (χ3v) is 6.62. The van der Waals surface area contributed by atoms with Crippen molar-refractivity contribution in [2.45, 2.75) is 37.6 Å². The smallest absolute Gasteiger partial charge is 0.230 e. The largest absolute Gasteiger partial charge is 0.424 e. The molecular weight excluding hydrogens is 455 g/mol. The fourth-order valence-corrected chi connectivity index (χ4v) is 4.59. The van der Waals surface area contributed by atoms with Crippen LogP contribution in [0.3, 0.4) is 0 Å². The van der Waals surface area contributed by atoms with Crippen LogP contribution < -0.4 is 5.32 Å². The number of amides is 1. The molecular formula is C24H17FN6O2S. The zero-order valence-electron chi connectivity index (χ0n) is 17.8. The highest BCUT2D eigenvalue weighted by Gasteiger charge is 2.44. The van der Waals surface area contributed by atoms with Gasteiger partial charge in [0.05, 0.1) is 35.2 Å². The number of carbonyl (C=O) groups is 1. The molecule has 2 aromatic heterocycles. The minimum absolute atomic E-state index is 0.110. The third-order valence-electron chi connectivity index (χ3n) is 5.56. The van der Waals surface area contributed by atoms with Crippen LogP contribution in [-0.2, 0) is 24.1 Å². The van der Waals surface area contributed by atoms with Gasteiger partial charge in [-0.25, -0.2) is 9.37 Å². The van der Waals surface area contributed by atoms with Crippen LogP contribution >= 0.6 is 11.3 Å². The number of nitrogens with one attached hydrogen (secondary N) is 1. The van der Waals surface area contributed by atoms with Crippen LogP contribution in [0.4, 0.5) is 4.39 Å². The molecule has 5 rings (SSSR count). The summed E-state index contributed by atoms with van der Waals surface area (Å²) in [5.74, 6) is -0.277. The Morgan fingerprint density at radius 1 is 1.15 bits per heavy atom. The van der Waals surface area contributed by atoms with Crippen LogP contribution in [0.2, 0.25) is 0 Å². The topological polar surface area (TPSA) is 128 Å². The first-order valence-electron chi connectivity index (χ1n) is 10.6. The summed E-state index contributed by atoms with van der Waals surface area (Å²) in [6.45, 7) is 0. The summed E-state index contributed by atoms with van der Waals surface area (Å²) in [5.41, 5.74) is 1.85. The third kappa shape index (κ3) is 4.36. The van der Waals surface area contributed by atoms with Gasteiger partial charge in [0.25, 0.3) is 0 Å². The zero-order valence-corrected chi connectivity index (χ0v) is 18.7. The van der Waals surface area contributed by atoms with Gasteiger partial charge in [-0.1, -0.05) is 24.3 Å². The van der Waals surface area contributed by atoms with E-state index in [0.29, 0.717) is 40.1 Å². The molecule has 0 saturated heterocycles. The normalized spacial score (nSPS) is 13.9. The molecule has 0 spiro atoms. The Hall–Kier alpha value is -4.15. The first kappa shape index (κ1) is 21.7. The average Bonchev–Trinajstić information content (AvgIpc) is 3.25. The van der Waals surface area contributed by atoms with Gasteiger partial charge < -0.3 is 9.73 Å². The Balaban J connectivity index is 1.30. The summed E-state index contributed by atoms with van der Waals surface area (Å²) in [6, 6.07) is 14.9. The van der Waals surface area contributed by atoms with Gasteiger partial charge in [0.15, 0.2) is 0 Å². The number of hydrogen-bond acceptors (Lipinski definition) is 8. The molecule has 34 heavy (non-hydrogen) atoms. The van der Waals surface area contributed by atoms with E-state index in [2.05, 4.69) is 32.6 Å². The van der Waals surface area contributed by atoms with Gasteiger partial charge in [-0.05, 0) is 36.1 Å². The van der Waals surface area contributed by atoms with Crippen LogP contribution in [0.25, 0.3) is 21.3 Å². The molecule has 10 heteroatoms. The van der Waals surface area contributed by atoms with Gasteiger partial charge in [0.2, 0.25) is 17.7 Å². The second-order valence-electron chi connectivity index (χ2n) is 8.10. The summed E-state index contributed by atoms with van der Waals surface area (Å²) >= 11 is 1.21. The number of halogens is 1. The number of nitrogens with zero attached hydrogens (tertiary/aromatic N) is 5. The predicted molar refractivity (Wildman–Crippen MR) is 121 cm³/mol. The Labute approximate surface area is 197 Å². The summed E-state index contributed by atoms with van der Waals surface area (Å²) in [6.07, 6.45) is 1.71. The molecule has 1 N–H and O–H groups in total. The summed E-state index contributed by atoms with van der Waals surface area (Å²) in [5, 5.41) is 29.0. The van der Waals surface area contributed by atoms with Gasteiger partial charge in [-0.2, -0.15) is 10.5 Å². The number of thiazole rings is 1.